The van der Waals surface area contributed by atoms with Crippen LogP contribution in [0.25, 0.3) is 4.98 Å². The lowest BCUT2D eigenvalue weighted by Crippen LogP contribution is -3.00. The molecule has 0 unspecified atom stereocenters. The van der Waals surface area contributed by atoms with Gasteiger partial charge in [0.15, 0.2) is 10.8 Å². The fraction of sp³-hybridized carbons (Fsp3) is 0.0714. The molecule has 0 radical (unpaired) electrons. The van der Waals surface area contributed by atoms with Gasteiger partial charge in [0.1, 0.15) is 5.82 Å². The Morgan fingerprint density at radius 3 is 2.37 bits per heavy atom. The number of benzene rings is 2. The second-order valence-corrected chi connectivity index (χ2v) is 3.89. The van der Waals surface area contributed by atoms with Gasteiger partial charge in [-0.2, -0.15) is 0 Å². The first-order chi connectivity index (χ1) is 8.63. The number of diazo groups is 1. The third-order valence-corrected chi connectivity index (χ3v) is 2.76. The summed E-state index contributed by atoms with van der Waals surface area (Å²) in [6, 6.07) is 10.2. The summed E-state index contributed by atoms with van der Waals surface area (Å²) in [5.41, 5.74) is 1.78. The molecule has 0 aliphatic rings. The summed E-state index contributed by atoms with van der Waals surface area (Å²) in [4.78, 5) is 15.3. The van der Waals surface area contributed by atoms with E-state index in [0.717, 1.165) is 0 Å². The standard InChI is InChI=1S/C14H10FN2O.ClH/c1-9-12(3-2-4-13(9)17-16)14(18)10-5-7-11(15)8-6-10;/h2-8H,1H3;1H/q+1;/p-1. The van der Waals surface area contributed by atoms with E-state index in [1.165, 1.54) is 24.3 Å². The van der Waals surface area contributed by atoms with Gasteiger partial charge in [0.2, 0.25) is 5.39 Å². The molecule has 0 aliphatic heterocycles. The van der Waals surface area contributed by atoms with Crippen LogP contribution in [0.3, 0.4) is 0 Å². The Bertz CT molecular complexity index is 647. The van der Waals surface area contributed by atoms with E-state index in [-0.39, 0.29) is 24.0 Å². The molecule has 0 aromatic heterocycles. The lowest BCUT2D eigenvalue weighted by Gasteiger charge is -2.02. The summed E-state index contributed by atoms with van der Waals surface area (Å²) < 4.78 is 12.8. The Morgan fingerprint density at radius 2 is 1.79 bits per heavy atom. The maximum atomic E-state index is 12.8. The van der Waals surface area contributed by atoms with Crippen molar-refractivity contribution in [3.8, 4) is 0 Å². The minimum Gasteiger partial charge on any atom is -1.00 e. The molecule has 0 aliphatic carbocycles. The summed E-state index contributed by atoms with van der Waals surface area (Å²) in [5, 5.41) is 8.80. The van der Waals surface area contributed by atoms with Crippen LogP contribution < -0.4 is 12.4 Å². The molecule has 2 rings (SSSR count). The second kappa shape index (κ2) is 6.07. The molecule has 0 saturated carbocycles. The molecule has 2 aromatic carbocycles. The third-order valence-electron chi connectivity index (χ3n) is 2.76. The van der Waals surface area contributed by atoms with Crippen molar-refractivity contribution in [2.24, 2.45) is 0 Å². The molecule has 0 atom stereocenters. The van der Waals surface area contributed by atoms with Crippen LogP contribution in [-0.2, 0) is 0 Å². The van der Waals surface area contributed by atoms with Crippen LogP contribution in [0, 0.1) is 18.1 Å². The predicted octanol–water partition coefficient (Wildman–Crippen LogP) is 0.854. The molecule has 96 valence electrons. The van der Waals surface area contributed by atoms with Crippen molar-refractivity contribution in [2.45, 2.75) is 6.92 Å². The summed E-state index contributed by atoms with van der Waals surface area (Å²) in [5.74, 6) is -0.611. The minimum absolute atomic E-state index is 0. The topological polar surface area (TPSA) is 45.2 Å². The van der Waals surface area contributed by atoms with Crippen LogP contribution in [0.4, 0.5) is 10.1 Å². The monoisotopic (exact) mass is 276 g/mol. The molecule has 0 saturated heterocycles. The van der Waals surface area contributed by atoms with Crippen LogP contribution in [0.5, 0.6) is 0 Å². The van der Waals surface area contributed by atoms with Crippen LogP contribution >= 0.6 is 0 Å². The van der Waals surface area contributed by atoms with E-state index in [1.54, 1.807) is 25.1 Å². The molecule has 5 heteroatoms. The number of rotatable bonds is 2. The van der Waals surface area contributed by atoms with Gasteiger partial charge in [-0.15, -0.1) is 0 Å². The van der Waals surface area contributed by atoms with Gasteiger partial charge in [0.25, 0.3) is 0 Å². The van der Waals surface area contributed by atoms with Crippen LogP contribution in [0.15, 0.2) is 42.5 Å². The van der Waals surface area contributed by atoms with E-state index in [1.807, 2.05) is 0 Å². The Kier molecular flexibility index (Phi) is 4.74. The van der Waals surface area contributed by atoms with Crippen LogP contribution in [-0.4, -0.2) is 5.78 Å². The van der Waals surface area contributed by atoms with Gasteiger partial charge >= 0.3 is 5.69 Å². The van der Waals surface area contributed by atoms with Gasteiger partial charge in [-0.25, -0.2) is 4.39 Å². The summed E-state index contributed by atoms with van der Waals surface area (Å²) in [6.45, 7) is 1.70. The zero-order valence-electron chi connectivity index (χ0n) is 10.1. The normalized spacial score (nSPS) is 9.32. The zero-order valence-corrected chi connectivity index (χ0v) is 10.9. The van der Waals surface area contributed by atoms with Gasteiger partial charge < -0.3 is 12.4 Å². The zero-order chi connectivity index (χ0) is 13.1. The third kappa shape index (κ3) is 2.95. The van der Waals surface area contributed by atoms with Crippen molar-refractivity contribution in [3.05, 3.63) is 69.9 Å². The molecule has 0 spiro atoms. The first-order valence-electron chi connectivity index (χ1n) is 5.38. The Morgan fingerprint density at radius 1 is 1.16 bits per heavy atom. The first-order valence-corrected chi connectivity index (χ1v) is 5.38. The molecule has 0 heterocycles. The van der Waals surface area contributed by atoms with Crippen LogP contribution in [0.2, 0.25) is 0 Å². The Labute approximate surface area is 116 Å². The van der Waals surface area contributed by atoms with Crippen molar-refractivity contribution in [1.82, 2.24) is 0 Å². The molecule has 19 heavy (non-hydrogen) atoms. The van der Waals surface area contributed by atoms with Gasteiger partial charge in [-0.3, -0.25) is 4.79 Å². The molecule has 3 nitrogen and oxygen atoms in total. The largest absolute Gasteiger partial charge is 1.00 e. The SMILES string of the molecule is Cc1c([N+]#N)cccc1C(=O)c1ccc(F)cc1.[Cl-]. The molecule has 0 N–H and O–H groups in total. The minimum atomic E-state index is -0.387. The summed E-state index contributed by atoms with van der Waals surface area (Å²) >= 11 is 0. The van der Waals surface area contributed by atoms with Crippen molar-refractivity contribution in [1.29, 1.82) is 5.39 Å². The molecule has 0 fully saturated rings. The second-order valence-electron chi connectivity index (χ2n) is 3.89. The number of carbonyl (C=O) groups excluding carboxylic acids is 1. The number of halogens is 2. The predicted molar refractivity (Wildman–Crippen MR) is 65.8 cm³/mol. The van der Waals surface area contributed by atoms with Crippen molar-refractivity contribution in [2.75, 3.05) is 0 Å². The van der Waals surface area contributed by atoms with Gasteiger partial charge in [-0.1, -0.05) is 12.1 Å². The van der Waals surface area contributed by atoms with Gasteiger partial charge in [0, 0.05) is 17.2 Å². The Hall–Kier alpha value is -2.25. The first kappa shape index (κ1) is 14.8. The molecule has 2 aromatic rings. The van der Waals surface area contributed by atoms with E-state index < -0.39 is 0 Å². The highest BCUT2D eigenvalue weighted by atomic mass is 35.5. The van der Waals surface area contributed by atoms with Crippen molar-refractivity contribution in [3.63, 3.8) is 0 Å². The van der Waals surface area contributed by atoms with Crippen molar-refractivity contribution >= 4 is 11.5 Å². The molecular formula is C14H10ClFN2O. The highest BCUT2D eigenvalue weighted by Gasteiger charge is 2.19. The quantitative estimate of drug-likeness (QED) is 0.603. The van der Waals surface area contributed by atoms with E-state index >= 15 is 0 Å². The molecular weight excluding hydrogens is 267 g/mol. The maximum Gasteiger partial charge on any atom is 0.388 e. The summed E-state index contributed by atoms with van der Waals surface area (Å²) in [6.07, 6.45) is 0. The lowest BCUT2D eigenvalue weighted by molar-refractivity contribution is -0.0000118. The molecule has 0 bridgehead atoms. The lowest BCUT2D eigenvalue weighted by atomic mass is 9.98. The number of hydrogen-bond donors (Lipinski definition) is 0. The van der Waals surface area contributed by atoms with E-state index in [2.05, 4.69) is 4.98 Å². The number of nitrogens with zero attached hydrogens (tertiary/aromatic N) is 2. The number of ketones is 1. The number of hydrogen-bond acceptors (Lipinski definition) is 2. The smallest absolute Gasteiger partial charge is 0.388 e. The van der Waals surface area contributed by atoms with Gasteiger partial charge in [0.05, 0.1) is 5.56 Å². The number of carbonyl (C=O) groups is 1. The van der Waals surface area contributed by atoms with E-state index in [4.69, 9.17) is 5.39 Å². The summed E-state index contributed by atoms with van der Waals surface area (Å²) in [7, 11) is 0. The van der Waals surface area contributed by atoms with Gasteiger partial charge in [-0.05, 0) is 31.2 Å². The van der Waals surface area contributed by atoms with Crippen molar-refractivity contribution < 1.29 is 21.6 Å². The Balaban J connectivity index is 0.00000180. The highest BCUT2D eigenvalue weighted by Crippen LogP contribution is 2.23. The fourth-order valence-corrected chi connectivity index (χ4v) is 1.73. The fourth-order valence-electron chi connectivity index (χ4n) is 1.73. The average Bonchev–Trinajstić information content (AvgIpc) is 2.39. The van der Waals surface area contributed by atoms with E-state index in [9.17, 15) is 9.18 Å². The van der Waals surface area contributed by atoms with E-state index in [0.29, 0.717) is 22.4 Å². The van der Waals surface area contributed by atoms with Crippen LogP contribution in [0.1, 0.15) is 21.5 Å². The average molecular weight is 277 g/mol. The molecule has 0 amide bonds. The maximum absolute atomic E-state index is 12.8. The highest BCUT2D eigenvalue weighted by molar-refractivity contribution is 6.10.